The highest BCUT2D eigenvalue weighted by atomic mass is 32.1. The number of benzene rings is 12. The molecule has 0 bridgehead atoms. The highest BCUT2D eigenvalue weighted by Crippen LogP contribution is 2.57. The highest BCUT2D eigenvalue weighted by Gasteiger charge is 2.46. The summed E-state index contributed by atoms with van der Waals surface area (Å²) in [6, 6.07) is 102. The second-order valence-electron chi connectivity index (χ2n) is 19.5. The van der Waals surface area contributed by atoms with Crippen molar-refractivity contribution in [1.82, 2.24) is 0 Å². The van der Waals surface area contributed by atoms with Crippen molar-refractivity contribution in [3.05, 3.63) is 295 Å². The summed E-state index contributed by atoms with van der Waals surface area (Å²) in [5.74, 6) is 0. The van der Waals surface area contributed by atoms with Crippen molar-refractivity contribution < 1.29 is 0 Å². The molecule has 0 N–H and O–H groups in total. The Morgan fingerprint density at radius 3 is 1.41 bits per heavy atom. The molecule has 2 heterocycles. The van der Waals surface area contributed by atoms with Gasteiger partial charge < -0.3 is 4.90 Å². The molecule has 0 amide bonds. The molecule has 12 aromatic carbocycles. The van der Waals surface area contributed by atoms with Gasteiger partial charge in [-0.3, -0.25) is 0 Å². The van der Waals surface area contributed by atoms with E-state index in [0.717, 1.165) is 17.1 Å². The third-order valence-electron chi connectivity index (χ3n) is 15.5. The minimum absolute atomic E-state index is 0.526. The van der Waals surface area contributed by atoms with Crippen molar-refractivity contribution in [2.45, 2.75) is 5.41 Å². The van der Waals surface area contributed by atoms with Crippen LogP contribution < -0.4 is 4.90 Å². The summed E-state index contributed by atoms with van der Waals surface area (Å²) in [7, 11) is 0. The van der Waals surface area contributed by atoms with Crippen LogP contribution in [-0.2, 0) is 5.41 Å². The summed E-state index contributed by atoms with van der Waals surface area (Å²) >= 11 is 3.78. The van der Waals surface area contributed by atoms with E-state index >= 15 is 0 Å². The summed E-state index contributed by atoms with van der Waals surface area (Å²) in [5.41, 5.74) is 17.7. The molecule has 0 aliphatic heterocycles. The van der Waals surface area contributed by atoms with Gasteiger partial charge in [-0.25, -0.2) is 0 Å². The Hall–Kier alpha value is -8.86. The van der Waals surface area contributed by atoms with E-state index in [1.165, 1.54) is 118 Å². The van der Waals surface area contributed by atoms with Gasteiger partial charge in [-0.15, -0.1) is 22.7 Å². The van der Waals surface area contributed by atoms with Crippen LogP contribution in [0.4, 0.5) is 17.1 Å². The van der Waals surface area contributed by atoms with Crippen molar-refractivity contribution in [3.63, 3.8) is 0 Å². The molecule has 15 rings (SSSR count). The lowest BCUT2D eigenvalue weighted by atomic mass is 9.67. The fourth-order valence-electron chi connectivity index (χ4n) is 12.3. The van der Waals surface area contributed by atoms with Crippen LogP contribution in [0.25, 0.3) is 95.6 Å². The Morgan fingerprint density at radius 2 is 0.757 bits per heavy atom. The van der Waals surface area contributed by atoms with Crippen molar-refractivity contribution in [2.24, 2.45) is 0 Å². The quantitative estimate of drug-likeness (QED) is 0.147. The Labute approximate surface area is 438 Å². The smallest absolute Gasteiger partial charge is 0.0714 e. The number of thiophene rings is 2. The number of hydrogen-bond donors (Lipinski definition) is 0. The molecule has 0 unspecified atom stereocenters. The first-order chi connectivity index (χ1) is 36.7. The summed E-state index contributed by atoms with van der Waals surface area (Å²) < 4.78 is 5.26. The minimum atomic E-state index is -0.526. The lowest BCUT2D eigenvalue weighted by Gasteiger charge is -2.35. The molecular weight excluding hydrogens is 931 g/mol. The molecule has 2 aromatic heterocycles. The first-order valence-corrected chi connectivity index (χ1v) is 27.0. The van der Waals surface area contributed by atoms with E-state index < -0.39 is 5.41 Å². The second kappa shape index (κ2) is 17.1. The van der Waals surface area contributed by atoms with Gasteiger partial charge in [0.1, 0.15) is 0 Å². The summed E-state index contributed by atoms with van der Waals surface area (Å²) in [6.07, 6.45) is 0. The zero-order valence-electron chi connectivity index (χ0n) is 40.2. The molecule has 1 nitrogen and oxygen atoms in total. The summed E-state index contributed by atoms with van der Waals surface area (Å²) in [5, 5.41) is 7.63. The fourth-order valence-corrected chi connectivity index (χ4v) is 14.7. The van der Waals surface area contributed by atoms with Crippen LogP contribution >= 0.6 is 22.7 Å². The third-order valence-corrected chi connectivity index (χ3v) is 18.0. The van der Waals surface area contributed by atoms with Gasteiger partial charge in [-0.05, 0) is 133 Å². The zero-order valence-corrected chi connectivity index (χ0v) is 41.9. The molecule has 0 atom stereocenters. The Bertz CT molecular complexity index is 4310. The number of fused-ring (bicyclic) bond motifs is 10. The lowest BCUT2D eigenvalue weighted by molar-refractivity contribution is 0.768. The van der Waals surface area contributed by atoms with Gasteiger partial charge in [0.2, 0.25) is 0 Å². The Morgan fingerprint density at radius 1 is 0.284 bits per heavy atom. The van der Waals surface area contributed by atoms with Crippen molar-refractivity contribution in [2.75, 3.05) is 4.90 Å². The van der Waals surface area contributed by atoms with Crippen molar-refractivity contribution >= 4 is 90.9 Å². The summed E-state index contributed by atoms with van der Waals surface area (Å²) in [4.78, 5) is 2.47. The molecule has 0 spiro atoms. The summed E-state index contributed by atoms with van der Waals surface area (Å²) in [6.45, 7) is 0. The first kappa shape index (κ1) is 42.8. The van der Waals surface area contributed by atoms with E-state index in [1.807, 2.05) is 22.7 Å². The van der Waals surface area contributed by atoms with Gasteiger partial charge in [0.15, 0.2) is 0 Å². The third kappa shape index (κ3) is 6.60. The molecule has 1 aliphatic rings. The van der Waals surface area contributed by atoms with Crippen LogP contribution in [0.3, 0.4) is 0 Å². The van der Waals surface area contributed by atoms with E-state index in [2.05, 4.69) is 278 Å². The SMILES string of the molecule is c1ccc(C2(c3ccccc3)c3ccccc3-c3ccc(N(c4ccc(-c5cc(-c6cccc7c6sc6ccccc67)cc(-c6cccc7c6sc6ccccc67)c5)cc4)c4cccc5ccccc45)cc32)cc1. The maximum Gasteiger partial charge on any atom is 0.0714 e. The van der Waals surface area contributed by atoms with E-state index in [1.54, 1.807) is 0 Å². The Balaban J connectivity index is 0.928. The van der Waals surface area contributed by atoms with Crippen molar-refractivity contribution in [3.8, 4) is 44.5 Å². The number of hydrogen-bond acceptors (Lipinski definition) is 3. The van der Waals surface area contributed by atoms with Crippen LogP contribution in [-0.4, -0.2) is 0 Å². The maximum absolute atomic E-state index is 2.48. The van der Waals surface area contributed by atoms with Crippen LogP contribution in [0.1, 0.15) is 22.3 Å². The molecule has 0 saturated heterocycles. The monoisotopic (exact) mass is 975 g/mol. The molecule has 0 fully saturated rings. The predicted molar refractivity (Wildman–Crippen MR) is 318 cm³/mol. The molecule has 0 saturated carbocycles. The normalized spacial score (nSPS) is 12.7. The van der Waals surface area contributed by atoms with E-state index in [-0.39, 0.29) is 0 Å². The van der Waals surface area contributed by atoms with E-state index in [9.17, 15) is 0 Å². The van der Waals surface area contributed by atoms with Crippen LogP contribution in [0.5, 0.6) is 0 Å². The molecule has 3 heteroatoms. The lowest BCUT2D eigenvalue weighted by Crippen LogP contribution is -2.28. The van der Waals surface area contributed by atoms with Crippen molar-refractivity contribution in [1.29, 1.82) is 0 Å². The fraction of sp³-hybridized carbons (Fsp3) is 0.0141. The average Bonchev–Trinajstić information content (AvgIpc) is 4.20. The van der Waals surface area contributed by atoms with Gasteiger partial charge in [-0.2, -0.15) is 0 Å². The van der Waals surface area contributed by atoms with E-state index in [4.69, 9.17) is 0 Å². The maximum atomic E-state index is 2.48. The average molecular weight is 976 g/mol. The van der Waals surface area contributed by atoms with Crippen LogP contribution in [0.2, 0.25) is 0 Å². The first-order valence-electron chi connectivity index (χ1n) is 25.4. The number of anilines is 3. The molecule has 74 heavy (non-hydrogen) atoms. The topological polar surface area (TPSA) is 3.24 Å². The predicted octanol–water partition coefficient (Wildman–Crippen LogP) is 20.4. The zero-order chi connectivity index (χ0) is 48.7. The molecule has 346 valence electrons. The second-order valence-corrected chi connectivity index (χ2v) is 21.6. The van der Waals surface area contributed by atoms with Gasteiger partial charge >= 0.3 is 0 Å². The van der Waals surface area contributed by atoms with Crippen LogP contribution in [0, 0.1) is 0 Å². The number of nitrogens with zero attached hydrogens (tertiary/aromatic N) is 1. The minimum Gasteiger partial charge on any atom is -0.310 e. The van der Waals surface area contributed by atoms with Gasteiger partial charge in [0, 0.05) is 57.1 Å². The Kier molecular flexibility index (Phi) is 9.91. The van der Waals surface area contributed by atoms with Gasteiger partial charge in [0.25, 0.3) is 0 Å². The standard InChI is InChI=1S/C71H45NS2/c1-3-20-51(21-4-1)71(52-22-5-2-6-23-52)64-32-12-9-25-58(64)59-41-40-54(45-65(59)71)72(66-33-15-19-47-18-7-8-24-55(47)66)53-38-36-46(37-39-53)48-42-49(56-28-16-30-62-60-26-10-13-34-67(60)73-69(56)62)44-50(43-48)57-29-17-31-63-61-27-11-14-35-68(61)74-70(57)63/h1-45H. The largest absolute Gasteiger partial charge is 0.310 e. The highest BCUT2D eigenvalue weighted by molar-refractivity contribution is 7.26. The molecule has 1 aliphatic carbocycles. The van der Waals surface area contributed by atoms with Gasteiger partial charge in [-0.1, -0.05) is 212 Å². The molecule has 14 aromatic rings. The van der Waals surface area contributed by atoms with E-state index in [0.29, 0.717) is 0 Å². The van der Waals surface area contributed by atoms with Crippen LogP contribution in [0.15, 0.2) is 273 Å². The number of rotatable bonds is 8. The molecular formula is C71H45NS2. The molecule has 0 radical (unpaired) electrons. The van der Waals surface area contributed by atoms with Gasteiger partial charge in [0.05, 0.1) is 11.1 Å².